The van der Waals surface area contributed by atoms with Crippen LogP contribution >= 0.6 is 0 Å². The lowest BCUT2D eigenvalue weighted by Crippen LogP contribution is -2.28. The molecule has 258 valence electrons. The van der Waals surface area contributed by atoms with Gasteiger partial charge in [0, 0.05) is 17.8 Å². The number of amides is 2. The summed E-state index contributed by atoms with van der Waals surface area (Å²) in [5.74, 6) is -3.52. The van der Waals surface area contributed by atoms with Crippen LogP contribution in [-0.2, 0) is 27.5 Å². The van der Waals surface area contributed by atoms with Crippen LogP contribution in [0.25, 0.3) is 17.2 Å². The van der Waals surface area contributed by atoms with E-state index in [0.29, 0.717) is 17.3 Å². The topological polar surface area (TPSA) is 113 Å². The van der Waals surface area contributed by atoms with Crippen LogP contribution in [-0.4, -0.2) is 37.1 Å². The molecule has 0 aliphatic heterocycles. The number of allylic oxidation sites excluding steroid dienone is 1. The number of nitrogens with one attached hydrogen (secondary N) is 2. The summed E-state index contributed by atoms with van der Waals surface area (Å²) in [5, 5.41) is 5.32. The van der Waals surface area contributed by atoms with Gasteiger partial charge in [0.25, 0.3) is 16.0 Å². The van der Waals surface area contributed by atoms with Gasteiger partial charge >= 0.3 is 6.18 Å². The standard InChI is InChI=1S/C37H36F4N2O5S/c1-36(2,3)19-18-24-4-8-27(9-5-24)31(22-25-6-10-28(11-7-25)34(44)42-20-21-49(46,47)48)35(45)43-30-15-12-26(13-16-30)29-14-17-32(33(38)23-29)37(39,40)41/h4-19,23,31H,20-22H2,1-3H3,(H,42,44)(H,43,45)(H,46,47,48)/b19-18+. The van der Waals surface area contributed by atoms with Crippen molar-refractivity contribution in [3.8, 4) is 11.1 Å². The van der Waals surface area contributed by atoms with Crippen LogP contribution in [0.3, 0.4) is 0 Å². The van der Waals surface area contributed by atoms with Gasteiger partial charge in [-0.2, -0.15) is 21.6 Å². The number of halogens is 4. The second-order valence-corrected chi connectivity index (χ2v) is 14.2. The van der Waals surface area contributed by atoms with Gasteiger partial charge in [-0.25, -0.2) is 4.39 Å². The Labute approximate surface area is 282 Å². The van der Waals surface area contributed by atoms with Gasteiger partial charge in [0.2, 0.25) is 5.91 Å². The van der Waals surface area contributed by atoms with Crippen LogP contribution in [0.4, 0.5) is 23.2 Å². The number of hydrogen-bond donors (Lipinski definition) is 3. The van der Waals surface area contributed by atoms with E-state index in [9.17, 15) is 35.6 Å². The molecule has 3 N–H and O–H groups in total. The predicted octanol–water partition coefficient (Wildman–Crippen LogP) is 8.15. The Morgan fingerprint density at radius 1 is 0.857 bits per heavy atom. The van der Waals surface area contributed by atoms with Gasteiger partial charge in [-0.1, -0.05) is 87.5 Å². The second kappa shape index (κ2) is 15.2. The van der Waals surface area contributed by atoms with Crippen LogP contribution in [0.1, 0.15) is 59.3 Å². The lowest BCUT2D eigenvalue weighted by atomic mass is 9.89. The van der Waals surface area contributed by atoms with E-state index in [0.717, 1.165) is 22.8 Å². The summed E-state index contributed by atoms with van der Waals surface area (Å²) in [6, 6.07) is 23.0. The average molecular weight is 697 g/mol. The molecule has 49 heavy (non-hydrogen) atoms. The second-order valence-electron chi connectivity index (χ2n) is 12.6. The van der Waals surface area contributed by atoms with Crippen molar-refractivity contribution in [2.75, 3.05) is 17.6 Å². The molecule has 7 nitrogen and oxygen atoms in total. The first-order valence-electron chi connectivity index (χ1n) is 15.3. The maximum Gasteiger partial charge on any atom is 0.419 e. The molecule has 0 bridgehead atoms. The lowest BCUT2D eigenvalue weighted by Gasteiger charge is -2.19. The maximum absolute atomic E-state index is 14.2. The number of alkyl halides is 3. The van der Waals surface area contributed by atoms with Gasteiger partial charge in [0.1, 0.15) is 5.82 Å². The molecule has 0 heterocycles. The van der Waals surface area contributed by atoms with Crippen molar-refractivity contribution in [2.24, 2.45) is 5.41 Å². The van der Waals surface area contributed by atoms with Gasteiger partial charge in [-0.15, -0.1) is 0 Å². The van der Waals surface area contributed by atoms with Gasteiger partial charge in [0.05, 0.1) is 17.2 Å². The zero-order valence-electron chi connectivity index (χ0n) is 27.0. The molecule has 0 saturated carbocycles. The highest BCUT2D eigenvalue weighted by atomic mass is 32.2. The molecule has 4 aromatic rings. The Hall–Kier alpha value is -4.81. The fourth-order valence-corrected chi connectivity index (χ4v) is 5.23. The van der Waals surface area contributed by atoms with Crippen molar-refractivity contribution in [3.05, 3.63) is 131 Å². The predicted molar refractivity (Wildman–Crippen MR) is 182 cm³/mol. The maximum atomic E-state index is 14.2. The van der Waals surface area contributed by atoms with E-state index in [1.807, 2.05) is 30.3 Å². The van der Waals surface area contributed by atoms with Gasteiger partial charge in [-0.3, -0.25) is 14.1 Å². The number of benzene rings is 4. The Morgan fingerprint density at radius 2 is 1.47 bits per heavy atom. The van der Waals surface area contributed by atoms with E-state index in [1.54, 1.807) is 48.5 Å². The highest BCUT2D eigenvalue weighted by Crippen LogP contribution is 2.34. The van der Waals surface area contributed by atoms with Gasteiger partial charge in [-0.05, 0) is 76.1 Å². The Bertz CT molecular complexity index is 1920. The number of anilines is 1. The summed E-state index contributed by atoms with van der Waals surface area (Å²) >= 11 is 0. The summed E-state index contributed by atoms with van der Waals surface area (Å²) in [6.45, 7) is 5.99. The SMILES string of the molecule is CC(C)(C)/C=C/c1ccc(C(Cc2ccc(C(=O)NCCS(=O)(=O)O)cc2)C(=O)Nc2ccc(-c3ccc(C(F)(F)F)c(F)c3)cc2)cc1. The summed E-state index contributed by atoms with van der Waals surface area (Å²) in [7, 11) is -4.22. The highest BCUT2D eigenvalue weighted by Gasteiger charge is 2.34. The molecule has 12 heteroatoms. The van der Waals surface area contributed by atoms with Crippen molar-refractivity contribution in [1.29, 1.82) is 0 Å². The Balaban J connectivity index is 1.54. The third-order valence-corrected chi connectivity index (χ3v) is 8.21. The molecule has 0 aliphatic carbocycles. The number of carbonyl (C=O) groups excluding carboxylic acids is 2. The van der Waals surface area contributed by atoms with E-state index in [4.69, 9.17) is 4.55 Å². The van der Waals surface area contributed by atoms with Crippen LogP contribution in [0.15, 0.2) is 97.1 Å². The molecular formula is C37H36F4N2O5S. The van der Waals surface area contributed by atoms with Crippen LogP contribution in [0.2, 0.25) is 0 Å². The highest BCUT2D eigenvalue weighted by molar-refractivity contribution is 7.85. The molecular weight excluding hydrogens is 660 g/mol. The van der Waals surface area contributed by atoms with E-state index in [2.05, 4.69) is 37.5 Å². The Kier molecular flexibility index (Phi) is 11.5. The van der Waals surface area contributed by atoms with Crippen LogP contribution in [0, 0.1) is 11.2 Å². The minimum Gasteiger partial charge on any atom is -0.351 e. The molecule has 0 spiro atoms. The Morgan fingerprint density at radius 3 is 2.02 bits per heavy atom. The van der Waals surface area contributed by atoms with Gasteiger partial charge < -0.3 is 10.6 Å². The summed E-state index contributed by atoms with van der Waals surface area (Å²) in [4.78, 5) is 26.2. The zero-order chi connectivity index (χ0) is 36.0. The summed E-state index contributed by atoms with van der Waals surface area (Å²) < 4.78 is 83.8. The fourth-order valence-electron chi connectivity index (χ4n) is 4.87. The van der Waals surface area contributed by atoms with E-state index in [-0.39, 0.29) is 35.4 Å². The molecule has 1 atom stereocenters. The first kappa shape index (κ1) is 37.0. The van der Waals surface area contributed by atoms with Crippen molar-refractivity contribution >= 4 is 33.7 Å². The number of hydrogen-bond acceptors (Lipinski definition) is 4. The molecule has 4 aromatic carbocycles. The quantitative estimate of drug-likeness (QED) is 0.108. The third-order valence-electron chi connectivity index (χ3n) is 7.49. The van der Waals surface area contributed by atoms with Crippen LogP contribution in [0.5, 0.6) is 0 Å². The molecule has 0 saturated heterocycles. The molecule has 0 radical (unpaired) electrons. The van der Waals surface area contributed by atoms with Crippen LogP contribution < -0.4 is 10.6 Å². The summed E-state index contributed by atoms with van der Waals surface area (Å²) in [6.07, 6.45) is -0.462. The third kappa shape index (κ3) is 11.1. The van der Waals surface area contributed by atoms with Crippen molar-refractivity contribution < 1.29 is 40.1 Å². The molecule has 1 unspecified atom stereocenters. The minimum absolute atomic E-state index is 0.0169. The molecule has 4 rings (SSSR count). The molecule has 0 fully saturated rings. The first-order chi connectivity index (χ1) is 22.9. The fraction of sp³-hybridized carbons (Fsp3) is 0.243. The summed E-state index contributed by atoms with van der Waals surface area (Å²) in [5.41, 5.74) is 2.46. The number of carbonyl (C=O) groups is 2. The average Bonchev–Trinajstić information content (AvgIpc) is 3.02. The van der Waals surface area contributed by atoms with Crippen molar-refractivity contribution in [1.82, 2.24) is 5.32 Å². The minimum atomic E-state index is -4.80. The zero-order valence-corrected chi connectivity index (χ0v) is 27.8. The first-order valence-corrected chi connectivity index (χ1v) is 16.9. The smallest absolute Gasteiger partial charge is 0.351 e. The van der Waals surface area contributed by atoms with E-state index >= 15 is 0 Å². The molecule has 0 aliphatic rings. The van der Waals surface area contributed by atoms with E-state index in [1.165, 1.54) is 6.07 Å². The monoisotopic (exact) mass is 696 g/mol. The lowest BCUT2D eigenvalue weighted by molar-refractivity contribution is -0.140. The van der Waals surface area contributed by atoms with Crippen molar-refractivity contribution in [2.45, 2.75) is 39.3 Å². The number of rotatable bonds is 11. The van der Waals surface area contributed by atoms with E-state index < -0.39 is 45.3 Å². The van der Waals surface area contributed by atoms with Crippen molar-refractivity contribution in [3.63, 3.8) is 0 Å². The normalized spacial score (nSPS) is 12.9. The molecule has 2 amide bonds. The largest absolute Gasteiger partial charge is 0.419 e. The molecule has 0 aromatic heterocycles. The van der Waals surface area contributed by atoms with Gasteiger partial charge in [0.15, 0.2) is 0 Å².